The zero-order valence-corrected chi connectivity index (χ0v) is 15.2. The van der Waals surface area contributed by atoms with Crippen LogP contribution in [0.3, 0.4) is 0 Å². The summed E-state index contributed by atoms with van der Waals surface area (Å²) in [6, 6.07) is 7.37. The third kappa shape index (κ3) is 2.79. The molecule has 0 saturated carbocycles. The fourth-order valence-electron chi connectivity index (χ4n) is 3.16. The zero-order valence-electron chi connectivity index (χ0n) is 15.2. The molecule has 3 aromatic heterocycles. The lowest BCUT2D eigenvalue weighted by atomic mass is 10.1. The maximum Gasteiger partial charge on any atom is 0.341 e. The van der Waals surface area contributed by atoms with Crippen LogP contribution in [0.1, 0.15) is 17.3 Å². The molecule has 0 saturated heterocycles. The summed E-state index contributed by atoms with van der Waals surface area (Å²) in [5, 5.41) is 0.832. The minimum Gasteiger partial charge on any atom is -0.481 e. The van der Waals surface area contributed by atoms with Crippen LogP contribution in [0.2, 0.25) is 0 Å². The van der Waals surface area contributed by atoms with Gasteiger partial charge in [-0.2, -0.15) is 0 Å². The molecule has 7 nitrogen and oxygen atoms in total. The number of hydrogen-bond donors (Lipinski definition) is 1. The Kier molecular flexibility index (Phi) is 4.31. The van der Waals surface area contributed by atoms with E-state index in [4.69, 9.17) is 9.47 Å². The number of hydrogen-bond acceptors (Lipinski definition) is 5. The maximum absolute atomic E-state index is 14.1. The van der Waals surface area contributed by atoms with Gasteiger partial charge in [-0.05, 0) is 31.2 Å². The normalized spacial score (nSPS) is 11.1. The Morgan fingerprint density at radius 3 is 2.82 bits per heavy atom. The molecule has 0 fully saturated rings. The molecule has 1 aromatic carbocycles. The number of benzene rings is 1. The first kappa shape index (κ1) is 17.7. The first-order valence-electron chi connectivity index (χ1n) is 8.58. The van der Waals surface area contributed by atoms with Crippen molar-refractivity contribution in [1.29, 1.82) is 0 Å². The molecule has 8 heteroatoms. The lowest BCUT2D eigenvalue weighted by Crippen LogP contribution is -2.22. The Morgan fingerprint density at radius 1 is 1.25 bits per heavy atom. The third-order valence-corrected chi connectivity index (χ3v) is 4.41. The number of rotatable bonds is 4. The van der Waals surface area contributed by atoms with E-state index in [0.29, 0.717) is 16.6 Å². The Bertz CT molecular complexity index is 1280. The molecule has 0 atom stereocenters. The van der Waals surface area contributed by atoms with E-state index in [1.807, 2.05) is 0 Å². The Balaban J connectivity index is 2.09. The fourth-order valence-corrected chi connectivity index (χ4v) is 3.16. The van der Waals surface area contributed by atoms with Gasteiger partial charge in [-0.1, -0.05) is 0 Å². The highest BCUT2D eigenvalue weighted by Gasteiger charge is 2.20. The molecule has 0 aliphatic rings. The van der Waals surface area contributed by atoms with Gasteiger partial charge in [0, 0.05) is 23.8 Å². The molecular weight excluding hydrogens is 365 g/mol. The highest BCUT2D eigenvalue weighted by Crippen LogP contribution is 2.25. The molecular formula is C20H16FN3O4. The second kappa shape index (κ2) is 6.80. The third-order valence-electron chi connectivity index (χ3n) is 4.41. The van der Waals surface area contributed by atoms with Crippen molar-refractivity contribution in [2.45, 2.75) is 6.92 Å². The molecule has 0 aliphatic carbocycles. The number of fused-ring (bicyclic) bond motifs is 2. The highest BCUT2D eigenvalue weighted by molar-refractivity contribution is 6.02. The second-order valence-electron chi connectivity index (χ2n) is 6.05. The van der Waals surface area contributed by atoms with Crippen LogP contribution in [0.5, 0.6) is 5.88 Å². The largest absolute Gasteiger partial charge is 0.481 e. The van der Waals surface area contributed by atoms with Gasteiger partial charge in [0.2, 0.25) is 5.88 Å². The average molecular weight is 381 g/mol. The van der Waals surface area contributed by atoms with Gasteiger partial charge in [-0.25, -0.2) is 14.2 Å². The Morgan fingerprint density at radius 2 is 2.07 bits per heavy atom. The molecule has 0 unspecified atom stereocenters. The minimum atomic E-state index is -0.635. The van der Waals surface area contributed by atoms with E-state index in [-0.39, 0.29) is 29.0 Å². The van der Waals surface area contributed by atoms with Crippen molar-refractivity contribution < 1.29 is 18.7 Å². The van der Waals surface area contributed by atoms with Gasteiger partial charge < -0.3 is 14.5 Å². The number of H-pyrrole nitrogens is 1. The second-order valence-corrected chi connectivity index (χ2v) is 6.05. The van der Waals surface area contributed by atoms with Crippen molar-refractivity contribution in [3.8, 4) is 11.6 Å². The molecule has 1 N–H and O–H groups in total. The average Bonchev–Trinajstić information content (AvgIpc) is 3.16. The van der Waals surface area contributed by atoms with Crippen molar-refractivity contribution in [2.75, 3.05) is 13.7 Å². The summed E-state index contributed by atoms with van der Waals surface area (Å²) in [6.07, 6.45) is 2.98. The standard InChI is InChI=1S/C20H16FN3O4/c1-3-28-20(26)14-10-24(16-9-11(21)8-15-12(16)6-7-22-15)19(25)13-4-5-17(27-2)23-18(13)14/h4-10,22H,3H2,1-2H3. The van der Waals surface area contributed by atoms with Crippen LogP contribution >= 0.6 is 0 Å². The minimum absolute atomic E-state index is 0.0864. The molecule has 4 aromatic rings. The number of aromatic nitrogens is 3. The molecule has 0 amide bonds. The Labute approximate surface area is 158 Å². The number of aromatic amines is 1. The molecule has 3 heterocycles. The summed E-state index contributed by atoms with van der Waals surface area (Å²) in [4.78, 5) is 32.8. The number of nitrogens with one attached hydrogen (secondary N) is 1. The van der Waals surface area contributed by atoms with Crippen LogP contribution < -0.4 is 10.3 Å². The van der Waals surface area contributed by atoms with E-state index < -0.39 is 17.3 Å². The van der Waals surface area contributed by atoms with Crippen molar-refractivity contribution >= 4 is 27.8 Å². The number of ether oxygens (including phenoxy) is 2. The van der Waals surface area contributed by atoms with Crippen LogP contribution in [-0.2, 0) is 4.74 Å². The number of halogens is 1. The van der Waals surface area contributed by atoms with Crippen molar-refractivity contribution in [2.24, 2.45) is 0 Å². The molecule has 0 radical (unpaired) electrons. The van der Waals surface area contributed by atoms with Gasteiger partial charge >= 0.3 is 5.97 Å². The molecule has 142 valence electrons. The van der Waals surface area contributed by atoms with Crippen LogP contribution in [0.15, 0.2) is 47.5 Å². The van der Waals surface area contributed by atoms with E-state index in [1.165, 1.54) is 42.1 Å². The SMILES string of the molecule is CCOC(=O)c1cn(-c2cc(F)cc3[nH]ccc23)c(=O)c2ccc(OC)nc12. The fraction of sp³-hybridized carbons (Fsp3) is 0.150. The van der Waals surface area contributed by atoms with Crippen LogP contribution in [0, 0.1) is 5.82 Å². The van der Waals surface area contributed by atoms with Gasteiger partial charge in [0.15, 0.2) is 0 Å². The first-order valence-corrected chi connectivity index (χ1v) is 8.58. The van der Waals surface area contributed by atoms with E-state index in [0.717, 1.165) is 0 Å². The smallest absolute Gasteiger partial charge is 0.341 e. The van der Waals surface area contributed by atoms with Crippen LogP contribution in [0.4, 0.5) is 4.39 Å². The highest BCUT2D eigenvalue weighted by atomic mass is 19.1. The van der Waals surface area contributed by atoms with Gasteiger partial charge in [-0.3, -0.25) is 9.36 Å². The lowest BCUT2D eigenvalue weighted by molar-refractivity contribution is 0.0527. The van der Waals surface area contributed by atoms with Gasteiger partial charge in [-0.15, -0.1) is 0 Å². The Hall–Kier alpha value is -3.68. The molecule has 0 bridgehead atoms. The van der Waals surface area contributed by atoms with Crippen molar-refractivity contribution in [1.82, 2.24) is 14.5 Å². The predicted octanol–water partition coefficient (Wildman–Crippen LogP) is 3.19. The predicted molar refractivity (Wildman–Crippen MR) is 102 cm³/mol. The van der Waals surface area contributed by atoms with Crippen molar-refractivity contribution in [3.05, 3.63) is 64.5 Å². The van der Waals surface area contributed by atoms with E-state index in [2.05, 4.69) is 9.97 Å². The maximum atomic E-state index is 14.1. The lowest BCUT2D eigenvalue weighted by Gasteiger charge is -2.13. The summed E-state index contributed by atoms with van der Waals surface area (Å²) < 4.78 is 25.6. The van der Waals surface area contributed by atoms with Crippen LogP contribution in [-0.4, -0.2) is 34.2 Å². The summed E-state index contributed by atoms with van der Waals surface area (Å²) >= 11 is 0. The summed E-state index contributed by atoms with van der Waals surface area (Å²) in [7, 11) is 1.44. The van der Waals surface area contributed by atoms with Crippen LogP contribution in [0.25, 0.3) is 27.5 Å². The molecule has 0 spiro atoms. The number of methoxy groups -OCH3 is 1. The molecule has 4 rings (SSSR count). The summed E-state index contributed by atoms with van der Waals surface area (Å²) in [5.74, 6) is -0.889. The summed E-state index contributed by atoms with van der Waals surface area (Å²) in [5.41, 5.74) is 0.660. The van der Waals surface area contributed by atoms with Gasteiger partial charge in [0.1, 0.15) is 11.4 Å². The molecule has 0 aliphatic heterocycles. The molecule has 28 heavy (non-hydrogen) atoms. The first-order chi connectivity index (χ1) is 13.5. The van der Waals surface area contributed by atoms with E-state index in [1.54, 1.807) is 19.2 Å². The monoisotopic (exact) mass is 381 g/mol. The topological polar surface area (TPSA) is 86.2 Å². The quantitative estimate of drug-likeness (QED) is 0.549. The summed E-state index contributed by atoms with van der Waals surface area (Å²) in [6.45, 7) is 1.84. The number of esters is 1. The van der Waals surface area contributed by atoms with Gasteiger partial charge in [0.25, 0.3) is 5.56 Å². The van der Waals surface area contributed by atoms with Crippen molar-refractivity contribution in [3.63, 3.8) is 0 Å². The van der Waals surface area contributed by atoms with Gasteiger partial charge in [0.05, 0.1) is 35.8 Å². The number of nitrogens with zero attached hydrogens (tertiary/aromatic N) is 2. The van der Waals surface area contributed by atoms with E-state index in [9.17, 15) is 14.0 Å². The number of pyridine rings is 2. The zero-order chi connectivity index (χ0) is 19.8. The number of carbonyl (C=O) groups excluding carboxylic acids is 1. The number of carbonyl (C=O) groups is 1. The van der Waals surface area contributed by atoms with E-state index >= 15 is 0 Å².